The van der Waals surface area contributed by atoms with Gasteiger partial charge in [-0.2, -0.15) is 4.98 Å². The normalized spacial score (nSPS) is 10.5. The highest BCUT2D eigenvalue weighted by Crippen LogP contribution is 2.15. The maximum Gasteiger partial charge on any atom is 0.357 e. The summed E-state index contributed by atoms with van der Waals surface area (Å²) >= 11 is 0. The predicted octanol–water partition coefficient (Wildman–Crippen LogP) is 1.59. The van der Waals surface area contributed by atoms with Crippen LogP contribution in [0.15, 0.2) is 15.2 Å². The lowest BCUT2D eigenvalue weighted by Crippen LogP contribution is -2.02. The van der Waals surface area contributed by atoms with Crippen LogP contribution in [0.4, 0.5) is 6.01 Å². The molecule has 2 aromatic heterocycles. The average Bonchev–Trinajstić information content (AvgIpc) is 2.85. The van der Waals surface area contributed by atoms with E-state index in [2.05, 4.69) is 15.5 Å². The van der Waals surface area contributed by atoms with E-state index in [0.29, 0.717) is 12.3 Å². The quantitative estimate of drug-likeness (QED) is 0.832. The third-order valence-electron chi connectivity index (χ3n) is 2.32. The zero-order valence-electron chi connectivity index (χ0n) is 9.35. The van der Waals surface area contributed by atoms with Crippen LogP contribution in [0.3, 0.4) is 0 Å². The number of rotatable bonds is 4. The highest BCUT2D eigenvalue weighted by molar-refractivity contribution is 5.85. The van der Waals surface area contributed by atoms with Crippen LogP contribution in [-0.4, -0.2) is 21.2 Å². The number of aryl methyl sites for hydroxylation is 2. The Kier molecular flexibility index (Phi) is 2.82. The SMILES string of the molecule is Cc1noc(C)c1CNc1nc(C(=O)O)co1. The molecule has 90 valence electrons. The Balaban J connectivity index is 2.05. The standard InChI is InChI=1S/C10H11N3O4/c1-5-7(6(2)17-13-5)3-11-10-12-8(4-16-10)9(14)15/h4H,3H2,1-2H3,(H,11,12)(H,14,15). The predicted molar refractivity (Wildman–Crippen MR) is 56.8 cm³/mol. The zero-order chi connectivity index (χ0) is 12.4. The van der Waals surface area contributed by atoms with E-state index in [1.807, 2.05) is 6.92 Å². The van der Waals surface area contributed by atoms with E-state index in [0.717, 1.165) is 17.5 Å². The molecule has 0 aliphatic rings. The number of hydrogen-bond donors (Lipinski definition) is 2. The van der Waals surface area contributed by atoms with Crippen molar-refractivity contribution in [3.8, 4) is 0 Å². The molecular weight excluding hydrogens is 226 g/mol. The molecular formula is C10H11N3O4. The van der Waals surface area contributed by atoms with Gasteiger partial charge < -0.3 is 19.4 Å². The van der Waals surface area contributed by atoms with Crippen molar-refractivity contribution >= 4 is 12.0 Å². The van der Waals surface area contributed by atoms with Crippen LogP contribution < -0.4 is 5.32 Å². The maximum atomic E-state index is 10.6. The van der Waals surface area contributed by atoms with Gasteiger partial charge in [0.15, 0.2) is 5.69 Å². The number of carboxylic acids is 1. The second-order valence-electron chi connectivity index (χ2n) is 3.50. The van der Waals surface area contributed by atoms with Gasteiger partial charge in [0.25, 0.3) is 6.01 Å². The fourth-order valence-electron chi connectivity index (χ4n) is 1.37. The molecule has 7 heteroatoms. The van der Waals surface area contributed by atoms with Crippen LogP contribution in [0.5, 0.6) is 0 Å². The van der Waals surface area contributed by atoms with Gasteiger partial charge in [-0.3, -0.25) is 0 Å². The van der Waals surface area contributed by atoms with Gasteiger partial charge in [-0.05, 0) is 13.8 Å². The lowest BCUT2D eigenvalue weighted by molar-refractivity contribution is 0.0690. The Labute approximate surface area is 96.4 Å². The zero-order valence-corrected chi connectivity index (χ0v) is 9.35. The number of aromatic nitrogens is 2. The molecule has 0 saturated carbocycles. The summed E-state index contributed by atoms with van der Waals surface area (Å²) in [4.78, 5) is 14.3. The minimum Gasteiger partial charge on any atom is -0.476 e. The smallest absolute Gasteiger partial charge is 0.357 e. The van der Waals surface area contributed by atoms with E-state index in [-0.39, 0.29) is 11.7 Å². The number of oxazole rings is 1. The van der Waals surface area contributed by atoms with Crippen LogP contribution in [0.2, 0.25) is 0 Å². The average molecular weight is 237 g/mol. The van der Waals surface area contributed by atoms with Crippen molar-refractivity contribution in [1.29, 1.82) is 0 Å². The Morgan fingerprint density at radius 3 is 2.82 bits per heavy atom. The van der Waals surface area contributed by atoms with Gasteiger partial charge in [0.05, 0.1) is 5.69 Å². The van der Waals surface area contributed by atoms with Crippen molar-refractivity contribution in [1.82, 2.24) is 10.1 Å². The molecule has 0 saturated heterocycles. The van der Waals surface area contributed by atoms with Crippen molar-refractivity contribution in [3.63, 3.8) is 0 Å². The van der Waals surface area contributed by atoms with Gasteiger partial charge in [0.1, 0.15) is 12.0 Å². The summed E-state index contributed by atoms with van der Waals surface area (Å²) in [7, 11) is 0. The number of anilines is 1. The molecule has 2 heterocycles. The van der Waals surface area contributed by atoms with Gasteiger partial charge >= 0.3 is 5.97 Å². The first-order valence-electron chi connectivity index (χ1n) is 4.92. The fourth-order valence-corrected chi connectivity index (χ4v) is 1.37. The summed E-state index contributed by atoms with van der Waals surface area (Å²) in [6, 6.07) is 0.155. The highest BCUT2D eigenvalue weighted by atomic mass is 16.5. The summed E-state index contributed by atoms with van der Waals surface area (Å²) in [5.41, 5.74) is 1.55. The molecule has 17 heavy (non-hydrogen) atoms. The van der Waals surface area contributed by atoms with E-state index in [1.165, 1.54) is 0 Å². The number of nitrogens with zero attached hydrogens (tertiary/aromatic N) is 2. The van der Waals surface area contributed by atoms with Gasteiger partial charge in [-0.1, -0.05) is 5.16 Å². The topological polar surface area (TPSA) is 101 Å². The third-order valence-corrected chi connectivity index (χ3v) is 2.32. The van der Waals surface area contributed by atoms with Gasteiger partial charge in [0.2, 0.25) is 0 Å². The molecule has 0 fully saturated rings. The van der Waals surface area contributed by atoms with Crippen molar-refractivity contribution in [2.24, 2.45) is 0 Å². The minimum absolute atomic E-state index is 0.133. The molecule has 0 aromatic carbocycles. The molecule has 0 radical (unpaired) electrons. The van der Waals surface area contributed by atoms with E-state index in [9.17, 15) is 4.79 Å². The Bertz CT molecular complexity index is 524. The molecule has 0 atom stereocenters. The van der Waals surface area contributed by atoms with Gasteiger partial charge in [0, 0.05) is 12.1 Å². The fraction of sp³-hybridized carbons (Fsp3) is 0.300. The second-order valence-corrected chi connectivity index (χ2v) is 3.50. The van der Waals surface area contributed by atoms with Crippen molar-refractivity contribution in [2.75, 3.05) is 5.32 Å². The van der Waals surface area contributed by atoms with E-state index in [1.54, 1.807) is 6.92 Å². The number of carboxylic acid groups (broad SMARTS) is 1. The van der Waals surface area contributed by atoms with Gasteiger partial charge in [-0.25, -0.2) is 4.79 Å². The molecule has 7 nitrogen and oxygen atoms in total. The van der Waals surface area contributed by atoms with Crippen LogP contribution in [0.25, 0.3) is 0 Å². The molecule has 0 aliphatic heterocycles. The molecule has 0 bridgehead atoms. The molecule has 2 rings (SSSR count). The lowest BCUT2D eigenvalue weighted by Gasteiger charge is -1.99. The van der Waals surface area contributed by atoms with Crippen LogP contribution in [0, 0.1) is 13.8 Å². The molecule has 0 amide bonds. The number of aromatic carboxylic acids is 1. The summed E-state index contributed by atoms with van der Waals surface area (Å²) in [6.45, 7) is 4.04. The first-order chi connectivity index (χ1) is 8.08. The monoisotopic (exact) mass is 237 g/mol. The summed E-state index contributed by atoms with van der Waals surface area (Å²) in [5.74, 6) is -0.417. The van der Waals surface area contributed by atoms with Gasteiger partial charge in [-0.15, -0.1) is 0 Å². The molecule has 0 spiro atoms. The highest BCUT2D eigenvalue weighted by Gasteiger charge is 2.12. The van der Waals surface area contributed by atoms with E-state index in [4.69, 9.17) is 14.0 Å². The Hall–Kier alpha value is -2.31. The molecule has 2 aromatic rings. The lowest BCUT2D eigenvalue weighted by atomic mass is 10.2. The summed E-state index contributed by atoms with van der Waals surface area (Å²) in [5, 5.41) is 15.3. The van der Waals surface area contributed by atoms with Crippen molar-refractivity contribution in [3.05, 3.63) is 29.0 Å². The Morgan fingerprint density at radius 1 is 1.53 bits per heavy atom. The Morgan fingerprint density at radius 2 is 2.29 bits per heavy atom. The van der Waals surface area contributed by atoms with Crippen molar-refractivity contribution < 1.29 is 18.8 Å². The van der Waals surface area contributed by atoms with Crippen LogP contribution in [-0.2, 0) is 6.54 Å². The molecule has 2 N–H and O–H groups in total. The summed E-state index contributed by atoms with van der Waals surface area (Å²) < 4.78 is 9.94. The van der Waals surface area contributed by atoms with Crippen molar-refractivity contribution in [2.45, 2.75) is 20.4 Å². The van der Waals surface area contributed by atoms with Crippen LogP contribution in [0.1, 0.15) is 27.5 Å². The molecule has 0 aliphatic carbocycles. The largest absolute Gasteiger partial charge is 0.476 e. The third kappa shape index (κ3) is 2.27. The maximum absolute atomic E-state index is 10.6. The molecule has 0 unspecified atom stereocenters. The van der Waals surface area contributed by atoms with E-state index < -0.39 is 5.97 Å². The number of carbonyl (C=O) groups is 1. The minimum atomic E-state index is -1.13. The summed E-state index contributed by atoms with van der Waals surface area (Å²) in [6.07, 6.45) is 1.08. The number of nitrogens with one attached hydrogen (secondary N) is 1. The number of hydrogen-bond acceptors (Lipinski definition) is 6. The second kappa shape index (κ2) is 4.28. The van der Waals surface area contributed by atoms with E-state index >= 15 is 0 Å². The van der Waals surface area contributed by atoms with Crippen LogP contribution >= 0.6 is 0 Å². The first-order valence-corrected chi connectivity index (χ1v) is 4.92. The first kappa shape index (κ1) is 11.2.